The topological polar surface area (TPSA) is 85.5 Å². The highest BCUT2D eigenvalue weighted by Gasteiger charge is 2.32. The second kappa shape index (κ2) is 7.31. The first-order valence-corrected chi connectivity index (χ1v) is 8.79. The molecule has 2 rings (SSSR count). The third kappa shape index (κ3) is 3.79. The lowest BCUT2D eigenvalue weighted by Crippen LogP contribution is -2.43. The molecule has 0 amide bonds. The molecular formula is C14H23N3O3S. The van der Waals surface area contributed by atoms with E-state index in [2.05, 4.69) is 4.98 Å². The van der Waals surface area contributed by atoms with Gasteiger partial charge in [0.05, 0.1) is 11.8 Å². The fraction of sp³-hybridized carbons (Fsp3) is 0.643. The number of rotatable bonds is 6. The Morgan fingerprint density at radius 2 is 2.33 bits per heavy atom. The predicted octanol–water partition coefficient (Wildman–Crippen LogP) is 1.12. The number of sulfonamides is 1. The van der Waals surface area contributed by atoms with E-state index in [-0.39, 0.29) is 17.5 Å². The molecular weight excluding hydrogens is 290 g/mol. The Morgan fingerprint density at radius 1 is 1.52 bits per heavy atom. The van der Waals surface area contributed by atoms with E-state index < -0.39 is 10.0 Å². The van der Waals surface area contributed by atoms with Gasteiger partial charge >= 0.3 is 0 Å². The molecule has 2 heterocycles. The maximum atomic E-state index is 12.8. The Balaban J connectivity index is 2.18. The second-order valence-electron chi connectivity index (χ2n) is 5.15. The summed E-state index contributed by atoms with van der Waals surface area (Å²) < 4.78 is 32.7. The fourth-order valence-electron chi connectivity index (χ4n) is 2.49. The van der Waals surface area contributed by atoms with E-state index in [4.69, 9.17) is 10.5 Å². The van der Waals surface area contributed by atoms with Crippen LogP contribution in [0.15, 0.2) is 23.2 Å². The zero-order valence-electron chi connectivity index (χ0n) is 12.4. The van der Waals surface area contributed by atoms with Crippen molar-refractivity contribution >= 4 is 10.0 Å². The lowest BCUT2D eigenvalue weighted by molar-refractivity contribution is 0.0193. The van der Waals surface area contributed by atoms with Gasteiger partial charge in [-0.15, -0.1) is 0 Å². The predicted molar refractivity (Wildman–Crippen MR) is 80.2 cm³/mol. The van der Waals surface area contributed by atoms with E-state index in [1.54, 1.807) is 18.3 Å². The van der Waals surface area contributed by atoms with E-state index in [0.717, 1.165) is 19.3 Å². The minimum atomic E-state index is -3.55. The van der Waals surface area contributed by atoms with Crippen molar-refractivity contribution in [3.8, 4) is 0 Å². The molecule has 7 heteroatoms. The summed E-state index contributed by atoms with van der Waals surface area (Å²) in [5.41, 5.74) is 6.01. The van der Waals surface area contributed by atoms with E-state index >= 15 is 0 Å². The molecule has 0 aliphatic carbocycles. The molecule has 1 fully saturated rings. The van der Waals surface area contributed by atoms with Crippen LogP contribution in [-0.4, -0.2) is 43.5 Å². The molecule has 0 radical (unpaired) electrons. The van der Waals surface area contributed by atoms with Gasteiger partial charge in [-0.3, -0.25) is 4.98 Å². The summed E-state index contributed by atoms with van der Waals surface area (Å²) in [5.74, 6) is 0. The molecule has 1 aliphatic rings. The highest BCUT2D eigenvalue weighted by molar-refractivity contribution is 7.89. The minimum Gasteiger partial charge on any atom is -0.377 e. The molecule has 1 saturated heterocycles. The van der Waals surface area contributed by atoms with Gasteiger partial charge in [-0.05, 0) is 31.4 Å². The summed E-state index contributed by atoms with van der Waals surface area (Å²) in [4.78, 5) is 4.28. The molecule has 118 valence electrons. The van der Waals surface area contributed by atoms with Crippen LogP contribution in [0.2, 0.25) is 0 Å². The quantitative estimate of drug-likeness (QED) is 0.850. The third-order valence-electron chi connectivity index (χ3n) is 3.56. The smallest absolute Gasteiger partial charge is 0.245 e. The first kappa shape index (κ1) is 16.4. The van der Waals surface area contributed by atoms with Crippen molar-refractivity contribution in [1.29, 1.82) is 0 Å². The van der Waals surface area contributed by atoms with Crippen LogP contribution in [-0.2, 0) is 21.3 Å². The number of piperidine rings is 1. The zero-order valence-corrected chi connectivity index (χ0v) is 13.2. The number of nitrogens with two attached hydrogens (primary N) is 1. The lowest BCUT2D eigenvalue weighted by atomic mass is 10.1. The summed E-state index contributed by atoms with van der Waals surface area (Å²) in [6.07, 6.45) is 4.19. The fourth-order valence-corrected chi connectivity index (χ4v) is 4.19. The molecule has 1 aromatic rings. The van der Waals surface area contributed by atoms with Crippen molar-refractivity contribution in [1.82, 2.24) is 9.29 Å². The van der Waals surface area contributed by atoms with Gasteiger partial charge in [0.25, 0.3) is 0 Å². The van der Waals surface area contributed by atoms with Crippen LogP contribution in [0, 0.1) is 0 Å². The molecule has 21 heavy (non-hydrogen) atoms. The largest absolute Gasteiger partial charge is 0.377 e. The number of hydrogen-bond acceptors (Lipinski definition) is 5. The maximum absolute atomic E-state index is 12.8. The molecule has 1 aliphatic heterocycles. The van der Waals surface area contributed by atoms with Crippen LogP contribution >= 0.6 is 0 Å². The third-order valence-corrected chi connectivity index (χ3v) is 5.50. The Kier molecular flexibility index (Phi) is 5.69. The van der Waals surface area contributed by atoms with Crippen LogP contribution in [0.4, 0.5) is 0 Å². The molecule has 1 aromatic heterocycles. The molecule has 0 bridgehead atoms. The van der Waals surface area contributed by atoms with Crippen molar-refractivity contribution in [3.63, 3.8) is 0 Å². The van der Waals surface area contributed by atoms with Crippen LogP contribution < -0.4 is 5.73 Å². The van der Waals surface area contributed by atoms with Gasteiger partial charge in [0.1, 0.15) is 4.90 Å². The Hall–Kier alpha value is -1.02. The number of hydrogen-bond donors (Lipinski definition) is 1. The van der Waals surface area contributed by atoms with Crippen molar-refractivity contribution < 1.29 is 13.2 Å². The molecule has 1 unspecified atom stereocenters. The Labute approximate surface area is 126 Å². The van der Waals surface area contributed by atoms with Gasteiger partial charge in [0.15, 0.2) is 0 Å². The molecule has 1 atom stereocenters. The van der Waals surface area contributed by atoms with Crippen LogP contribution in [0.25, 0.3) is 0 Å². The second-order valence-corrected chi connectivity index (χ2v) is 7.06. The molecule has 0 aromatic carbocycles. The average Bonchev–Trinajstić information content (AvgIpc) is 2.53. The molecule has 6 nitrogen and oxygen atoms in total. The first-order valence-electron chi connectivity index (χ1n) is 7.35. The summed E-state index contributed by atoms with van der Waals surface area (Å²) in [6.45, 7) is 3.74. The van der Waals surface area contributed by atoms with Gasteiger partial charge < -0.3 is 10.5 Å². The van der Waals surface area contributed by atoms with Crippen molar-refractivity contribution in [2.45, 2.75) is 43.7 Å². The molecule has 0 saturated carbocycles. The highest BCUT2D eigenvalue weighted by atomic mass is 32.2. The van der Waals surface area contributed by atoms with Crippen molar-refractivity contribution in [2.75, 3.05) is 19.7 Å². The SMILES string of the molecule is CCCOC1CCCN(S(=O)(=O)c2cccnc2CN)C1. The van der Waals surface area contributed by atoms with Crippen molar-refractivity contribution in [2.24, 2.45) is 5.73 Å². The van der Waals surface area contributed by atoms with Gasteiger partial charge in [0.2, 0.25) is 10.0 Å². The Morgan fingerprint density at radius 3 is 3.05 bits per heavy atom. The van der Waals surface area contributed by atoms with Crippen LogP contribution in [0.3, 0.4) is 0 Å². The van der Waals surface area contributed by atoms with Crippen LogP contribution in [0.5, 0.6) is 0 Å². The zero-order chi connectivity index (χ0) is 15.3. The molecule has 0 spiro atoms. The monoisotopic (exact) mass is 313 g/mol. The molecule has 2 N–H and O–H groups in total. The van der Waals surface area contributed by atoms with E-state index in [1.165, 1.54) is 4.31 Å². The first-order chi connectivity index (χ1) is 10.1. The Bertz CT molecular complexity index is 562. The van der Waals surface area contributed by atoms with E-state index in [0.29, 0.717) is 25.4 Å². The van der Waals surface area contributed by atoms with E-state index in [1.807, 2.05) is 6.92 Å². The summed E-state index contributed by atoms with van der Waals surface area (Å²) in [6, 6.07) is 3.20. The van der Waals surface area contributed by atoms with Gasteiger partial charge in [-0.25, -0.2) is 8.42 Å². The number of nitrogens with zero attached hydrogens (tertiary/aromatic N) is 2. The summed E-state index contributed by atoms with van der Waals surface area (Å²) in [7, 11) is -3.55. The van der Waals surface area contributed by atoms with Crippen LogP contribution in [0.1, 0.15) is 31.9 Å². The number of aromatic nitrogens is 1. The summed E-state index contributed by atoms with van der Waals surface area (Å²) >= 11 is 0. The lowest BCUT2D eigenvalue weighted by Gasteiger charge is -2.32. The number of pyridine rings is 1. The highest BCUT2D eigenvalue weighted by Crippen LogP contribution is 2.23. The average molecular weight is 313 g/mol. The summed E-state index contributed by atoms with van der Waals surface area (Å²) in [5, 5.41) is 0. The number of ether oxygens (including phenoxy) is 1. The van der Waals surface area contributed by atoms with Gasteiger partial charge in [-0.2, -0.15) is 4.31 Å². The normalized spacial score (nSPS) is 20.6. The standard InChI is InChI=1S/C14H23N3O3S/c1-2-9-20-12-5-4-8-17(11-12)21(18,19)14-6-3-7-16-13(14)10-15/h3,6-7,12H,2,4-5,8-11,15H2,1H3. The van der Waals surface area contributed by atoms with Crippen molar-refractivity contribution in [3.05, 3.63) is 24.0 Å². The van der Waals surface area contributed by atoms with E-state index in [9.17, 15) is 8.42 Å². The minimum absolute atomic E-state index is 0.0218. The maximum Gasteiger partial charge on any atom is 0.245 e. The van der Waals surface area contributed by atoms with Gasteiger partial charge in [-0.1, -0.05) is 6.92 Å². The van der Waals surface area contributed by atoms with Gasteiger partial charge in [0, 0.05) is 32.4 Å².